The summed E-state index contributed by atoms with van der Waals surface area (Å²) < 4.78 is 8.97. The van der Waals surface area contributed by atoms with Crippen molar-refractivity contribution in [3.63, 3.8) is 0 Å². The Balaban J connectivity index is 0.908. The number of fused-ring (bicyclic) bond motifs is 4. The molecule has 0 fully saturated rings. The Hall–Kier alpha value is -0.0600. The number of hydrogen-bond acceptors (Lipinski definition) is 8. The van der Waals surface area contributed by atoms with E-state index in [-0.39, 0.29) is 0 Å². The van der Waals surface area contributed by atoms with Gasteiger partial charge < -0.3 is 0 Å². The van der Waals surface area contributed by atoms with Crippen molar-refractivity contribution < 1.29 is 0 Å². The molecule has 188 valence electrons. The Bertz CT molecular complexity index is 1420. The first-order valence-corrected chi connectivity index (χ1v) is 19.6. The van der Waals surface area contributed by atoms with Crippen LogP contribution in [0.1, 0.15) is 71.6 Å². The molecule has 6 aliphatic carbocycles. The summed E-state index contributed by atoms with van der Waals surface area (Å²) in [7, 11) is 0. The zero-order valence-electron chi connectivity index (χ0n) is 20.0. The molecule has 0 saturated heterocycles. The van der Waals surface area contributed by atoms with E-state index in [1.54, 1.807) is 22.3 Å². The molecule has 4 unspecified atom stereocenters. The van der Waals surface area contributed by atoms with Gasteiger partial charge in [0.1, 0.15) is 0 Å². The third-order valence-electron chi connectivity index (χ3n) is 8.68. The second-order valence-electron chi connectivity index (χ2n) is 10.7. The SMILES string of the molecule is C1=CC2CCC1c1cc3c(cc12)SC1=C(SC(=C2SC4=C(S2)Sc2cc5c(cc2S4)C2C=CC5CC2)S1)S3. The molecule has 0 aromatic heterocycles. The normalized spacial score (nSPS) is 30.9. The molecule has 38 heavy (non-hydrogen) atoms. The van der Waals surface area contributed by atoms with Crippen LogP contribution in [0, 0.1) is 0 Å². The van der Waals surface area contributed by atoms with E-state index in [1.807, 2.05) is 94.1 Å². The van der Waals surface area contributed by atoms with Gasteiger partial charge in [-0.05, 0) is 72.2 Å². The highest BCUT2D eigenvalue weighted by Crippen LogP contribution is 2.71. The van der Waals surface area contributed by atoms with E-state index in [2.05, 4.69) is 48.6 Å². The topological polar surface area (TPSA) is 0 Å². The maximum Gasteiger partial charge on any atom is 0.0718 e. The first kappa shape index (κ1) is 23.5. The number of benzene rings is 2. The average molecular weight is 637 g/mol. The van der Waals surface area contributed by atoms with E-state index in [9.17, 15) is 0 Å². The molecular formula is C30H20S8. The van der Waals surface area contributed by atoms with Crippen molar-refractivity contribution in [2.24, 2.45) is 0 Å². The molecule has 0 nitrogen and oxygen atoms in total. The fourth-order valence-electron chi connectivity index (χ4n) is 6.82. The Morgan fingerprint density at radius 1 is 0.342 bits per heavy atom. The van der Waals surface area contributed by atoms with Crippen LogP contribution >= 0.6 is 94.1 Å². The highest BCUT2D eigenvalue weighted by molar-refractivity contribution is 8.45. The van der Waals surface area contributed by atoms with E-state index in [4.69, 9.17) is 0 Å². The van der Waals surface area contributed by atoms with Crippen LogP contribution in [0.3, 0.4) is 0 Å². The zero-order valence-corrected chi connectivity index (χ0v) is 26.6. The first-order valence-electron chi connectivity index (χ1n) is 13.1. The zero-order chi connectivity index (χ0) is 24.5. The number of hydrogen-bond donors (Lipinski definition) is 0. The van der Waals surface area contributed by atoms with Crippen molar-refractivity contribution in [3.8, 4) is 0 Å². The molecule has 4 atom stereocenters. The van der Waals surface area contributed by atoms with Gasteiger partial charge in [0.15, 0.2) is 0 Å². The average Bonchev–Trinajstić information content (AvgIpc) is 3.57. The lowest BCUT2D eigenvalue weighted by molar-refractivity contribution is 0.550. The summed E-state index contributed by atoms with van der Waals surface area (Å²) in [5, 5.41) is 0. The maximum absolute atomic E-state index is 2.54. The van der Waals surface area contributed by atoms with Crippen molar-refractivity contribution in [3.05, 3.63) is 96.2 Å². The van der Waals surface area contributed by atoms with Crippen molar-refractivity contribution in [2.75, 3.05) is 0 Å². The van der Waals surface area contributed by atoms with E-state index in [0.29, 0.717) is 23.7 Å². The van der Waals surface area contributed by atoms with Crippen molar-refractivity contribution in [1.29, 1.82) is 0 Å². The fraction of sp³-hybridized carbons (Fsp3) is 0.267. The van der Waals surface area contributed by atoms with E-state index in [1.165, 1.54) is 70.7 Å². The highest BCUT2D eigenvalue weighted by Gasteiger charge is 2.38. The molecule has 2 aromatic carbocycles. The predicted octanol–water partition coefficient (Wildman–Crippen LogP) is 12.2. The quantitative estimate of drug-likeness (QED) is 0.259. The minimum Gasteiger partial charge on any atom is -0.0804 e. The van der Waals surface area contributed by atoms with Crippen LogP contribution in [0.15, 0.2) is 93.6 Å². The minimum atomic E-state index is 0.643. The molecule has 0 radical (unpaired) electrons. The van der Waals surface area contributed by atoms with Gasteiger partial charge >= 0.3 is 0 Å². The van der Waals surface area contributed by atoms with Gasteiger partial charge in [0.2, 0.25) is 0 Å². The molecule has 4 aliphatic heterocycles. The molecule has 0 N–H and O–H groups in total. The van der Waals surface area contributed by atoms with E-state index in [0.717, 1.165) is 0 Å². The number of thioether (sulfide) groups is 8. The molecule has 4 heterocycles. The number of allylic oxidation sites excluding steroid dienone is 4. The summed E-state index contributed by atoms with van der Waals surface area (Å²) in [6, 6.07) is 10.1. The van der Waals surface area contributed by atoms with E-state index >= 15 is 0 Å². The first-order chi connectivity index (χ1) is 18.7. The van der Waals surface area contributed by atoms with Crippen LogP contribution in [0.25, 0.3) is 0 Å². The Morgan fingerprint density at radius 2 is 0.579 bits per heavy atom. The smallest absolute Gasteiger partial charge is 0.0718 e. The Kier molecular flexibility index (Phi) is 5.40. The van der Waals surface area contributed by atoms with Crippen LogP contribution in [0.4, 0.5) is 0 Å². The molecule has 2 aromatic rings. The molecule has 12 rings (SSSR count). The molecule has 10 aliphatic rings. The third kappa shape index (κ3) is 3.50. The lowest BCUT2D eigenvalue weighted by Crippen LogP contribution is -2.17. The molecular weight excluding hydrogens is 617 g/mol. The van der Waals surface area contributed by atoms with Gasteiger partial charge in [-0.1, -0.05) is 118 Å². The number of rotatable bonds is 0. The van der Waals surface area contributed by atoms with Gasteiger partial charge in [-0.2, -0.15) is 0 Å². The van der Waals surface area contributed by atoms with E-state index < -0.39 is 0 Å². The summed E-state index contributed by atoms with van der Waals surface area (Å²) in [6.45, 7) is 0. The van der Waals surface area contributed by atoms with Crippen molar-refractivity contribution in [2.45, 2.75) is 68.9 Å². The largest absolute Gasteiger partial charge is 0.0804 e. The lowest BCUT2D eigenvalue weighted by atomic mass is 9.72. The van der Waals surface area contributed by atoms with Crippen molar-refractivity contribution >= 4 is 94.1 Å². The van der Waals surface area contributed by atoms with Crippen LogP contribution < -0.4 is 0 Å². The van der Waals surface area contributed by atoms with Gasteiger partial charge in [-0.3, -0.25) is 0 Å². The Labute approximate surface area is 257 Å². The third-order valence-corrected chi connectivity index (χ3v) is 20.4. The molecule has 4 bridgehead atoms. The molecule has 0 amide bonds. The van der Waals surface area contributed by atoms with Gasteiger partial charge in [0, 0.05) is 43.3 Å². The summed E-state index contributed by atoms with van der Waals surface area (Å²) >= 11 is 16.2. The molecule has 0 saturated carbocycles. The van der Waals surface area contributed by atoms with Crippen LogP contribution in [0.5, 0.6) is 0 Å². The van der Waals surface area contributed by atoms with Gasteiger partial charge in [0.05, 0.1) is 25.4 Å². The fourth-order valence-corrected chi connectivity index (χ4v) is 18.9. The van der Waals surface area contributed by atoms with Gasteiger partial charge in [-0.15, -0.1) is 0 Å². The van der Waals surface area contributed by atoms with Crippen LogP contribution in [0.2, 0.25) is 0 Å². The van der Waals surface area contributed by atoms with Gasteiger partial charge in [-0.25, -0.2) is 0 Å². The molecule has 8 heteroatoms. The monoisotopic (exact) mass is 636 g/mol. The standard InChI is InChI=1S/C30H20S8/c1-2-14-4-3-13(1)17-9-21-22(10-18(14)17)32-26-25(31-21)35-29(36-26)30-37-27-28(38-30)34-24-12-20-16-6-5-15(7-8-16)19(20)11-23(24)33-27/h1-2,5-6,9-16H,3-4,7-8H2. The summed E-state index contributed by atoms with van der Waals surface area (Å²) in [5.41, 5.74) is 6.41. The second-order valence-corrected chi connectivity index (χ2v) is 20.6. The summed E-state index contributed by atoms with van der Waals surface area (Å²) in [6.07, 6.45) is 15.2. The second kappa shape index (κ2) is 8.73. The lowest BCUT2D eigenvalue weighted by Gasteiger charge is -2.35. The molecule has 0 spiro atoms. The highest BCUT2D eigenvalue weighted by atomic mass is 32.3. The van der Waals surface area contributed by atoms with Crippen LogP contribution in [-0.4, -0.2) is 0 Å². The predicted molar refractivity (Wildman–Crippen MR) is 175 cm³/mol. The Morgan fingerprint density at radius 3 is 0.816 bits per heavy atom. The van der Waals surface area contributed by atoms with Gasteiger partial charge in [0.25, 0.3) is 0 Å². The summed E-state index contributed by atoms with van der Waals surface area (Å²) in [5.74, 6) is 2.57. The maximum atomic E-state index is 2.54. The minimum absolute atomic E-state index is 0.643. The van der Waals surface area contributed by atoms with Crippen LogP contribution in [-0.2, 0) is 0 Å². The summed E-state index contributed by atoms with van der Waals surface area (Å²) in [4.78, 5) is 5.91. The van der Waals surface area contributed by atoms with Crippen molar-refractivity contribution in [1.82, 2.24) is 0 Å².